The van der Waals surface area contributed by atoms with E-state index in [9.17, 15) is 2.74 Å². The van der Waals surface area contributed by atoms with Gasteiger partial charge in [-0.2, -0.15) is 0 Å². The molecular formula is C52H35N5. The minimum atomic E-state index is -0.542. The largest absolute Gasteiger partial charge is 0.309 e. The Kier molecular flexibility index (Phi) is 5.44. The van der Waals surface area contributed by atoms with Gasteiger partial charge in [0.05, 0.1) is 37.1 Å². The van der Waals surface area contributed by atoms with Gasteiger partial charge in [0.2, 0.25) is 0 Å². The second kappa shape index (κ2) is 13.3. The highest BCUT2D eigenvalue weighted by molar-refractivity contribution is 6.12. The molecule has 0 saturated carbocycles. The Morgan fingerprint density at radius 3 is 1.60 bits per heavy atom. The first-order chi connectivity index (χ1) is 32.7. The topological polar surface area (TPSA) is 48.5 Å². The van der Waals surface area contributed by atoms with Gasteiger partial charge in [-0.05, 0) is 90.3 Å². The maximum atomic E-state index is 9.38. The van der Waals surface area contributed by atoms with Crippen LogP contribution in [0, 0.1) is 6.92 Å². The second-order valence-corrected chi connectivity index (χ2v) is 13.7. The van der Waals surface area contributed by atoms with Crippen LogP contribution in [0.1, 0.15) is 20.6 Å². The molecule has 5 heteroatoms. The van der Waals surface area contributed by atoms with Crippen LogP contribution >= 0.6 is 0 Å². The first kappa shape index (κ1) is 23.3. The number of nitrogens with zero attached hydrogens (tertiary/aromatic N) is 5. The molecule has 0 unspecified atom stereocenters. The van der Waals surface area contributed by atoms with Gasteiger partial charge in [0.1, 0.15) is 0 Å². The normalized spacial score (nSPS) is 14.3. The SMILES string of the molecule is [2H]c1c(C)c([2H])c2c(c1[2H])c1cc(-n3c4c([2H])c([2H])c([2H])c([2H])c4c4c([2H])c([2H])c([2H])c([2H])c43)ccc1n2-c1ccc(-c2nc(-c3ccccc3)nc(-c3cccc(-c4ccccc4)c3)n2)cc1. The van der Waals surface area contributed by atoms with Gasteiger partial charge in [0.25, 0.3) is 0 Å². The average molecular weight is 741 g/mol. The molecule has 11 aromatic rings. The zero-order chi connectivity index (χ0) is 47.4. The van der Waals surface area contributed by atoms with E-state index in [4.69, 9.17) is 27.3 Å². The summed E-state index contributed by atoms with van der Waals surface area (Å²) < 4.78 is 101. The summed E-state index contributed by atoms with van der Waals surface area (Å²) in [4.78, 5) is 14.9. The van der Waals surface area contributed by atoms with Gasteiger partial charge in [-0.1, -0.05) is 127 Å². The van der Waals surface area contributed by atoms with E-state index in [0.717, 1.165) is 22.3 Å². The van der Waals surface area contributed by atoms with E-state index in [1.807, 2.05) is 95.6 Å². The molecule has 0 amide bonds. The Morgan fingerprint density at radius 1 is 0.386 bits per heavy atom. The second-order valence-electron chi connectivity index (χ2n) is 13.7. The van der Waals surface area contributed by atoms with Gasteiger partial charge in [-0.3, -0.25) is 0 Å². The zero-order valence-corrected chi connectivity index (χ0v) is 30.4. The van der Waals surface area contributed by atoms with Crippen molar-refractivity contribution in [3.8, 4) is 56.7 Å². The Balaban J connectivity index is 1.11. The van der Waals surface area contributed by atoms with E-state index >= 15 is 0 Å². The number of para-hydroxylation sites is 2. The smallest absolute Gasteiger partial charge is 0.164 e. The Morgan fingerprint density at radius 2 is 0.912 bits per heavy atom. The lowest BCUT2D eigenvalue weighted by Crippen LogP contribution is -2.01. The van der Waals surface area contributed by atoms with Crippen molar-refractivity contribution in [2.75, 3.05) is 0 Å². The van der Waals surface area contributed by atoms with Gasteiger partial charge in [-0.15, -0.1) is 0 Å². The Bertz CT molecular complexity index is 3850. The van der Waals surface area contributed by atoms with Crippen LogP contribution in [0.15, 0.2) is 194 Å². The summed E-state index contributed by atoms with van der Waals surface area (Å²) in [7, 11) is 0. The Labute approximate surface area is 345 Å². The number of rotatable bonds is 6. The molecule has 0 bridgehead atoms. The molecular weight excluding hydrogens is 695 g/mol. The molecule has 268 valence electrons. The monoisotopic (exact) mass is 740 g/mol. The van der Waals surface area contributed by atoms with Crippen LogP contribution in [0.5, 0.6) is 0 Å². The predicted molar refractivity (Wildman–Crippen MR) is 235 cm³/mol. The molecule has 8 aromatic carbocycles. The van der Waals surface area contributed by atoms with E-state index < -0.39 is 48.3 Å². The molecule has 3 heterocycles. The predicted octanol–water partition coefficient (Wildman–Crippen LogP) is 13.0. The Hall–Kier alpha value is -7.63. The first-order valence-corrected chi connectivity index (χ1v) is 18.4. The van der Waals surface area contributed by atoms with Crippen molar-refractivity contribution in [1.29, 1.82) is 0 Å². The quantitative estimate of drug-likeness (QED) is 0.171. The fourth-order valence-corrected chi connectivity index (χ4v) is 7.55. The van der Waals surface area contributed by atoms with Crippen molar-refractivity contribution < 1.29 is 15.1 Å². The minimum Gasteiger partial charge on any atom is -0.309 e. The van der Waals surface area contributed by atoms with Gasteiger partial charge in [0, 0.05) is 49.6 Å². The third-order valence-electron chi connectivity index (χ3n) is 10.2. The van der Waals surface area contributed by atoms with E-state index in [-0.39, 0.29) is 45.6 Å². The summed E-state index contributed by atoms with van der Waals surface area (Å²) in [6, 6.07) is 36.3. The highest BCUT2D eigenvalue weighted by Gasteiger charge is 2.18. The number of hydrogen-bond acceptors (Lipinski definition) is 3. The maximum absolute atomic E-state index is 9.38. The molecule has 11 rings (SSSR count). The molecule has 0 atom stereocenters. The molecule has 3 aromatic heterocycles. The van der Waals surface area contributed by atoms with E-state index in [1.165, 1.54) is 4.57 Å². The summed E-state index contributed by atoms with van der Waals surface area (Å²) in [5.41, 5.74) is 6.45. The van der Waals surface area contributed by atoms with Crippen LogP contribution in [0.3, 0.4) is 0 Å². The lowest BCUT2D eigenvalue weighted by molar-refractivity contribution is 1.07. The van der Waals surface area contributed by atoms with Crippen LogP contribution in [-0.4, -0.2) is 24.1 Å². The summed E-state index contributed by atoms with van der Waals surface area (Å²) in [6.45, 7) is 1.63. The molecule has 5 nitrogen and oxygen atoms in total. The highest BCUT2D eigenvalue weighted by Crippen LogP contribution is 2.38. The van der Waals surface area contributed by atoms with Crippen LogP contribution in [0.25, 0.3) is 100 Å². The lowest BCUT2D eigenvalue weighted by atomic mass is 10.0. The third-order valence-corrected chi connectivity index (χ3v) is 10.2. The number of aromatic nitrogens is 5. The lowest BCUT2D eigenvalue weighted by Gasteiger charge is -2.12. The van der Waals surface area contributed by atoms with Crippen LogP contribution in [-0.2, 0) is 0 Å². The average Bonchev–Trinajstić information content (AvgIpc) is 3.92. The molecule has 0 N–H and O–H groups in total. The highest BCUT2D eigenvalue weighted by atomic mass is 15.0. The number of hydrogen-bond donors (Lipinski definition) is 0. The molecule has 0 spiro atoms. The standard InChI is InChI=1S/C52H35N5/c1-34-23-29-44-45-33-41(57-46-21-10-8-19-42(46)43-20-9-11-22-47(43)57)28-30-48(45)56(49(44)31-34)40-26-24-37(25-27-40)51-53-50(36-15-6-3-7-16-36)54-52(55-51)39-18-12-17-38(32-39)35-13-4-2-5-14-35/h2-33H,1H3/i8D,9D,10D,11D,19D,20D,21D,22D,23D,29D,31D. The van der Waals surface area contributed by atoms with Crippen molar-refractivity contribution in [3.05, 3.63) is 199 Å². The molecule has 0 saturated heterocycles. The minimum absolute atomic E-state index is 0.0373. The summed E-state index contributed by atoms with van der Waals surface area (Å²) in [6.07, 6.45) is 0. The van der Waals surface area contributed by atoms with Crippen molar-refractivity contribution >= 4 is 43.6 Å². The fraction of sp³-hybridized carbons (Fsp3) is 0.0192. The zero-order valence-electron chi connectivity index (χ0n) is 41.4. The fourth-order valence-electron chi connectivity index (χ4n) is 7.55. The van der Waals surface area contributed by atoms with Gasteiger partial charge >= 0.3 is 0 Å². The summed E-state index contributed by atoms with van der Waals surface area (Å²) >= 11 is 0. The van der Waals surface area contributed by atoms with E-state index in [0.29, 0.717) is 56.1 Å². The van der Waals surface area contributed by atoms with Crippen LogP contribution < -0.4 is 0 Å². The molecule has 57 heavy (non-hydrogen) atoms. The van der Waals surface area contributed by atoms with E-state index in [1.54, 1.807) is 25.1 Å². The number of benzene rings is 8. The maximum Gasteiger partial charge on any atom is 0.164 e. The van der Waals surface area contributed by atoms with Crippen molar-refractivity contribution in [1.82, 2.24) is 24.1 Å². The summed E-state index contributed by atoms with van der Waals surface area (Å²) in [5, 5.41) is 0.628. The molecule has 0 aliphatic carbocycles. The molecule has 0 radical (unpaired) electrons. The molecule has 0 aliphatic heterocycles. The molecule has 0 fully saturated rings. The van der Waals surface area contributed by atoms with Crippen molar-refractivity contribution in [2.45, 2.75) is 6.92 Å². The van der Waals surface area contributed by atoms with Crippen molar-refractivity contribution in [2.24, 2.45) is 0 Å². The van der Waals surface area contributed by atoms with Gasteiger partial charge in [0.15, 0.2) is 17.5 Å². The van der Waals surface area contributed by atoms with Gasteiger partial charge in [-0.25, -0.2) is 15.0 Å². The molecule has 0 aliphatic rings. The van der Waals surface area contributed by atoms with Crippen LogP contribution in [0.2, 0.25) is 0 Å². The third kappa shape index (κ3) is 5.59. The van der Waals surface area contributed by atoms with Crippen molar-refractivity contribution in [3.63, 3.8) is 0 Å². The van der Waals surface area contributed by atoms with Crippen LogP contribution in [0.4, 0.5) is 0 Å². The number of fused-ring (bicyclic) bond motifs is 6. The first-order valence-electron chi connectivity index (χ1n) is 23.9. The van der Waals surface area contributed by atoms with Gasteiger partial charge < -0.3 is 9.13 Å². The summed E-state index contributed by atoms with van der Waals surface area (Å²) in [5.74, 6) is 1.42. The van der Waals surface area contributed by atoms with E-state index in [2.05, 4.69) is 18.2 Å².